The van der Waals surface area contributed by atoms with E-state index in [-0.39, 0.29) is 18.3 Å². The molecule has 0 spiro atoms. The van der Waals surface area contributed by atoms with E-state index in [1.807, 2.05) is 12.1 Å². The smallest absolute Gasteiger partial charge is 0.399 e. The molecule has 3 heterocycles. The van der Waals surface area contributed by atoms with Gasteiger partial charge in [0.2, 0.25) is 0 Å². The summed E-state index contributed by atoms with van der Waals surface area (Å²) >= 11 is 9.17. The van der Waals surface area contributed by atoms with Gasteiger partial charge in [0.25, 0.3) is 0 Å². The van der Waals surface area contributed by atoms with Gasteiger partial charge in [0.05, 0.1) is 33.3 Å². The Hall–Kier alpha value is -8.09. The monoisotopic (exact) mass is 1350 g/mol. The molecule has 418 valence electrons. The van der Waals surface area contributed by atoms with Gasteiger partial charge in [-0.1, -0.05) is 232 Å². The van der Waals surface area contributed by atoms with Crippen LogP contribution < -0.4 is 5.46 Å². The first-order chi connectivity index (χ1) is 41.8. The van der Waals surface area contributed by atoms with E-state index in [9.17, 15) is 0 Å². The van der Waals surface area contributed by atoms with Gasteiger partial charge in [0, 0.05) is 45.4 Å². The SMILES string of the molecule is Brc1ccc(-c2cccc(-c3ccc4c5ccccc5n(-c5cccc(-c6ccccc6)c5)c4c3)c2)cc1.Brc1ccc(I)cc1.CC1(C)OB(c2cccc(-c3ccc4c5ccccc5n(-c5cccc(-c6ccccc6)c5)c4c3)c2)OC1(C)C. The van der Waals surface area contributed by atoms with Gasteiger partial charge in [0.1, 0.15) is 0 Å². The van der Waals surface area contributed by atoms with Gasteiger partial charge in [0.15, 0.2) is 0 Å². The van der Waals surface area contributed by atoms with Crippen LogP contribution in [0.25, 0.3) is 111 Å². The molecule has 1 aliphatic rings. The molecule has 12 aromatic carbocycles. The molecule has 1 fully saturated rings. The van der Waals surface area contributed by atoms with Crippen LogP contribution in [0.2, 0.25) is 0 Å². The second kappa shape index (κ2) is 24.4. The predicted octanol–water partition coefficient (Wildman–Crippen LogP) is 22.0. The van der Waals surface area contributed by atoms with Crippen LogP contribution in [-0.2, 0) is 9.31 Å². The highest BCUT2D eigenvalue weighted by atomic mass is 127. The Balaban J connectivity index is 0.000000141. The summed E-state index contributed by atoms with van der Waals surface area (Å²) in [6.07, 6.45) is 0. The number of nitrogens with zero attached hydrogens (tertiary/aromatic N) is 2. The van der Waals surface area contributed by atoms with Gasteiger partial charge < -0.3 is 18.4 Å². The lowest BCUT2D eigenvalue weighted by molar-refractivity contribution is 0.00578. The first-order valence-electron chi connectivity index (χ1n) is 29.0. The maximum atomic E-state index is 6.35. The molecule has 0 N–H and O–H groups in total. The van der Waals surface area contributed by atoms with Crippen molar-refractivity contribution in [2.24, 2.45) is 0 Å². The maximum Gasteiger partial charge on any atom is 0.494 e. The Bertz CT molecular complexity index is 4710. The van der Waals surface area contributed by atoms with Gasteiger partial charge in [-0.15, -0.1) is 0 Å². The van der Waals surface area contributed by atoms with Gasteiger partial charge in [-0.3, -0.25) is 0 Å². The number of halogens is 3. The summed E-state index contributed by atoms with van der Waals surface area (Å²) in [6.45, 7) is 8.37. The highest BCUT2D eigenvalue weighted by Gasteiger charge is 2.51. The van der Waals surface area contributed by atoms with Crippen LogP contribution in [0.5, 0.6) is 0 Å². The molecule has 0 amide bonds. The summed E-state index contributed by atoms with van der Waals surface area (Å²) < 4.78 is 21.0. The van der Waals surface area contributed by atoms with Crippen molar-refractivity contribution in [2.75, 3.05) is 0 Å². The molecule has 8 heteroatoms. The van der Waals surface area contributed by atoms with Crippen LogP contribution in [0.15, 0.2) is 300 Å². The van der Waals surface area contributed by atoms with Crippen LogP contribution in [-0.4, -0.2) is 27.5 Å². The average molecular weight is 1350 g/mol. The van der Waals surface area contributed by atoms with Crippen molar-refractivity contribution in [2.45, 2.75) is 38.9 Å². The summed E-state index contributed by atoms with van der Waals surface area (Å²) in [5.74, 6) is 0. The lowest BCUT2D eigenvalue weighted by Crippen LogP contribution is -2.41. The average Bonchev–Trinajstić information content (AvgIpc) is 1.88. The Morgan fingerprint density at radius 2 is 0.640 bits per heavy atom. The van der Waals surface area contributed by atoms with Crippen molar-refractivity contribution in [3.8, 4) is 67.0 Å². The molecular formula is C78H60BBr2IN2O2. The van der Waals surface area contributed by atoms with Crippen molar-refractivity contribution in [3.05, 3.63) is 304 Å². The number of benzene rings is 12. The van der Waals surface area contributed by atoms with Crippen molar-refractivity contribution >= 4 is 111 Å². The molecule has 86 heavy (non-hydrogen) atoms. The lowest BCUT2D eigenvalue weighted by atomic mass is 9.78. The van der Waals surface area contributed by atoms with E-state index in [0.29, 0.717) is 0 Å². The fraction of sp³-hybridized carbons (Fsp3) is 0.0769. The van der Waals surface area contributed by atoms with Gasteiger partial charge in [-0.05, 0) is 202 Å². The number of hydrogen-bond acceptors (Lipinski definition) is 2. The molecule has 2 aromatic heterocycles. The van der Waals surface area contributed by atoms with Crippen molar-refractivity contribution in [1.82, 2.24) is 9.13 Å². The molecule has 0 atom stereocenters. The third kappa shape index (κ3) is 11.7. The summed E-state index contributed by atoms with van der Waals surface area (Å²) in [4.78, 5) is 0. The van der Waals surface area contributed by atoms with E-state index in [2.05, 4.69) is 370 Å². The Morgan fingerprint density at radius 1 is 0.302 bits per heavy atom. The number of rotatable bonds is 8. The Kier molecular flexibility index (Phi) is 16.1. The van der Waals surface area contributed by atoms with Crippen molar-refractivity contribution in [3.63, 3.8) is 0 Å². The molecule has 0 saturated carbocycles. The largest absolute Gasteiger partial charge is 0.494 e. The number of aromatic nitrogens is 2. The molecule has 0 unspecified atom stereocenters. The normalized spacial score (nSPS) is 13.4. The molecule has 0 radical (unpaired) electrons. The molecule has 0 aliphatic carbocycles. The van der Waals surface area contributed by atoms with Crippen LogP contribution >= 0.6 is 54.5 Å². The molecule has 14 aromatic rings. The van der Waals surface area contributed by atoms with Crippen LogP contribution in [0.4, 0.5) is 0 Å². The molecule has 1 saturated heterocycles. The number of hydrogen-bond donors (Lipinski definition) is 0. The van der Waals surface area contributed by atoms with Crippen LogP contribution in [0, 0.1) is 3.57 Å². The molecule has 0 bridgehead atoms. The number of para-hydroxylation sites is 2. The highest BCUT2D eigenvalue weighted by Crippen LogP contribution is 2.40. The molecule has 1 aliphatic heterocycles. The van der Waals surface area contributed by atoms with Gasteiger partial charge in [-0.2, -0.15) is 0 Å². The summed E-state index contributed by atoms with van der Waals surface area (Å²) in [6, 6.07) is 104. The van der Waals surface area contributed by atoms with E-state index < -0.39 is 0 Å². The molecule has 15 rings (SSSR count). The third-order valence-corrected chi connectivity index (χ3v) is 18.5. The van der Waals surface area contributed by atoms with E-state index >= 15 is 0 Å². The summed E-state index contributed by atoms with van der Waals surface area (Å²) in [5, 5.41) is 5.02. The van der Waals surface area contributed by atoms with Crippen LogP contribution in [0.1, 0.15) is 27.7 Å². The zero-order valence-corrected chi connectivity index (χ0v) is 53.5. The van der Waals surface area contributed by atoms with Gasteiger partial charge >= 0.3 is 7.12 Å². The Morgan fingerprint density at radius 3 is 1.12 bits per heavy atom. The van der Waals surface area contributed by atoms with Crippen molar-refractivity contribution in [1.29, 1.82) is 0 Å². The van der Waals surface area contributed by atoms with E-state index in [1.54, 1.807) is 0 Å². The fourth-order valence-corrected chi connectivity index (χ4v) is 12.4. The van der Waals surface area contributed by atoms with E-state index in [0.717, 1.165) is 31.2 Å². The first kappa shape index (κ1) is 57.0. The third-order valence-electron chi connectivity index (χ3n) is 16.7. The Labute approximate surface area is 534 Å². The predicted molar refractivity (Wildman–Crippen MR) is 379 cm³/mol. The first-order valence-corrected chi connectivity index (χ1v) is 31.6. The minimum Gasteiger partial charge on any atom is -0.399 e. The molecular weight excluding hydrogens is 1290 g/mol. The van der Waals surface area contributed by atoms with E-state index in [4.69, 9.17) is 9.31 Å². The zero-order chi connectivity index (χ0) is 58.9. The maximum absolute atomic E-state index is 6.35. The number of fused-ring (bicyclic) bond motifs is 6. The van der Waals surface area contributed by atoms with Crippen molar-refractivity contribution < 1.29 is 9.31 Å². The van der Waals surface area contributed by atoms with Crippen LogP contribution in [0.3, 0.4) is 0 Å². The standard InChI is InChI=1S/C36H32BNO2.C36H24BrN.C6H4BrI/c1-35(2)36(3,4)40-37(39-35)29-16-10-14-26(22-29)28-20-21-32-31-18-8-9-19-33(31)38(34(32)24-28)30-17-11-15-27(23-30)25-12-6-5-7-13-25;37-31-19-16-26(17-20-31)27-10-6-11-28(22-27)30-18-21-34-33-14-4-5-15-35(33)38(36(34)24-30)32-13-7-12-29(23-32)25-8-2-1-3-9-25;7-5-1-3-6(8)4-2-5/h5-24H,1-4H3;1-24H;1-4H. The minimum atomic E-state index is -0.388. The fourth-order valence-electron chi connectivity index (χ4n) is 11.6. The summed E-state index contributed by atoms with van der Waals surface area (Å²) in [5.41, 5.74) is 19.4. The van der Waals surface area contributed by atoms with E-state index in [1.165, 1.54) is 97.4 Å². The topological polar surface area (TPSA) is 28.3 Å². The lowest BCUT2D eigenvalue weighted by Gasteiger charge is -2.32. The second-order valence-electron chi connectivity index (χ2n) is 22.7. The summed E-state index contributed by atoms with van der Waals surface area (Å²) in [7, 11) is -0.388. The van der Waals surface area contributed by atoms with Gasteiger partial charge in [-0.25, -0.2) is 0 Å². The molecule has 4 nitrogen and oxygen atoms in total. The second-order valence-corrected chi connectivity index (χ2v) is 25.8. The zero-order valence-electron chi connectivity index (χ0n) is 48.1. The highest BCUT2D eigenvalue weighted by molar-refractivity contribution is 14.1. The minimum absolute atomic E-state index is 0.373. The quantitative estimate of drug-likeness (QED) is 0.112.